The minimum absolute atomic E-state index is 0.0378. The lowest BCUT2D eigenvalue weighted by Gasteiger charge is -2.20. The first-order chi connectivity index (χ1) is 9.33. The maximum atomic E-state index is 12.0. The lowest BCUT2D eigenvalue weighted by molar-refractivity contribution is -0.123. The van der Waals surface area contributed by atoms with Crippen LogP contribution >= 0.6 is 0 Å². The van der Waals surface area contributed by atoms with Gasteiger partial charge >= 0.3 is 0 Å². The zero-order valence-electron chi connectivity index (χ0n) is 11.7. The van der Waals surface area contributed by atoms with Crippen LogP contribution in [0.15, 0.2) is 29.4 Å². The van der Waals surface area contributed by atoms with E-state index in [2.05, 4.69) is 10.5 Å². The number of aromatic hydroxyl groups is 1. The van der Waals surface area contributed by atoms with Gasteiger partial charge in [0.1, 0.15) is 6.54 Å². The number of benzene rings is 1. The topological polar surface area (TPSA) is 83.7 Å². The van der Waals surface area contributed by atoms with Crippen molar-refractivity contribution in [2.24, 2.45) is 5.18 Å². The third-order valence-corrected chi connectivity index (χ3v) is 2.82. The summed E-state index contributed by atoms with van der Waals surface area (Å²) in [5.74, 6) is -0.531. The molecule has 6 nitrogen and oxygen atoms in total. The van der Waals surface area contributed by atoms with Crippen LogP contribution in [0.5, 0.6) is 5.88 Å². The Morgan fingerprint density at radius 2 is 2.00 bits per heavy atom. The number of aromatic nitrogens is 1. The number of para-hydroxylation sites is 1. The number of amides is 1. The number of hydrogen-bond donors (Lipinski definition) is 2. The Balaban J connectivity index is 2.42. The summed E-state index contributed by atoms with van der Waals surface area (Å²) in [5, 5.41) is 16.2. The van der Waals surface area contributed by atoms with E-state index in [-0.39, 0.29) is 29.6 Å². The number of rotatable bonds is 3. The van der Waals surface area contributed by atoms with Gasteiger partial charge in [-0.3, -0.25) is 4.79 Å². The summed E-state index contributed by atoms with van der Waals surface area (Å²) in [6.45, 7) is 5.55. The molecule has 0 spiro atoms. The molecule has 106 valence electrons. The monoisotopic (exact) mass is 275 g/mol. The standard InChI is InChI=1S/C14H17N3O3/c1-14(2,3)15-11(18)8-17-10-7-5-4-6-9(10)12(16-20)13(17)19/h4-7,19H,8H2,1-3H3,(H,15,18). The van der Waals surface area contributed by atoms with Gasteiger partial charge in [-0.25, -0.2) is 0 Å². The molecule has 2 rings (SSSR count). The van der Waals surface area contributed by atoms with E-state index in [4.69, 9.17) is 0 Å². The third-order valence-electron chi connectivity index (χ3n) is 2.82. The van der Waals surface area contributed by atoms with E-state index in [1.165, 1.54) is 4.57 Å². The van der Waals surface area contributed by atoms with Crippen LogP contribution in [0.3, 0.4) is 0 Å². The van der Waals surface area contributed by atoms with Gasteiger partial charge in [0.25, 0.3) is 0 Å². The molecule has 0 aliphatic rings. The number of carbonyl (C=O) groups is 1. The minimum atomic E-state index is -0.360. The van der Waals surface area contributed by atoms with Crippen molar-refractivity contribution in [3.8, 4) is 5.88 Å². The molecule has 0 unspecified atom stereocenters. The van der Waals surface area contributed by atoms with Gasteiger partial charge in [0.15, 0.2) is 5.69 Å². The first-order valence-electron chi connectivity index (χ1n) is 6.28. The zero-order chi connectivity index (χ0) is 14.9. The average Bonchev–Trinajstić information content (AvgIpc) is 2.60. The van der Waals surface area contributed by atoms with Gasteiger partial charge < -0.3 is 15.0 Å². The zero-order valence-corrected chi connectivity index (χ0v) is 11.7. The van der Waals surface area contributed by atoms with Crippen molar-refractivity contribution in [1.29, 1.82) is 0 Å². The molecule has 1 amide bonds. The molecule has 20 heavy (non-hydrogen) atoms. The molecule has 0 radical (unpaired) electrons. The molecule has 6 heteroatoms. The second kappa shape index (κ2) is 4.96. The maximum absolute atomic E-state index is 12.0. The molecule has 0 saturated carbocycles. The summed E-state index contributed by atoms with van der Waals surface area (Å²) in [6.07, 6.45) is 0. The highest BCUT2D eigenvalue weighted by molar-refractivity contribution is 5.96. The molecule has 2 aromatic rings. The predicted octanol–water partition coefficient (Wildman–Crippen LogP) is 2.66. The van der Waals surface area contributed by atoms with Crippen LogP contribution < -0.4 is 5.32 Å². The number of hydrogen-bond acceptors (Lipinski definition) is 4. The quantitative estimate of drug-likeness (QED) is 0.845. The van der Waals surface area contributed by atoms with Gasteiger partial charge in [0.2, 0.25) is 11.8 Å². The summed E-state index contributed by atoms with van der Waals surface area (Å²) in [5.41, 5.74) is 0.203. The highest BCUT2D eigenvalue weighted by Gasteiger charge is 2.20. The first kappa shape index (κ1) is 14.0. The normalized spacial score (nSPS) is 11.6. The van der Waals surface area contributed by atoms with Gasteiger partial charge in [-0.05, 0) is 32.0 Å². The Bertz CT molecular complexity index is 668. The molecule has 0 bridgehead atoms. The fraction of sp³-hybridized carbons (Fsp3) is 0.357. The van der Waals surface area contributed by atoms with E-state index in [0.717, 1.165) is 0 Å². The van der Waals surface area contributed by atoms with Crippen LogP contribution in [0.25, 0.3) is 10.9 Å². The Hall–Kier alpha value is -2.37. The van der Waals surface area contributed by atoms with Gasteiger partial charge in [0, 0.05) is 10.9 Å². The van der Waals surface area contributed by atoms with E-state index in [9.17, 15) is 14.8 Å². The lowest BCUT2D eigenvalue weighted by Crippen LogP contribution is -2.42. The van der Waals surface area contributed by atoms with E-state index >= 15 is 0 Å². The summed E-state index contributed by atoms with van der Waals surface area (Å²) in [4.78, 5) is 22.8. The number of nitroso groups, excluding NO2 is 1. The maximum Gasteiger partial charge on any atom is 0.240 e. The molecule has 0 fully saturated rings. The van der Waals surface area contributed by atoms with Gasteiger partial charge in [-0.1, -0.05) is 18.2 Å². The van der Waals surface area contributed by atoms with Crippen LogP contribution in [0.2, 0.25) is 0 Å². The molecular weight excluding hydrogens is 258 g/mol. The number of carbonyl (C=O) groups excluding carboxylic acids is 1. The molecule has 2 N–H and O–H groups in total. The second-order valence-electron chi connectivity index (χ2n) is 5.66. The van der Waals surface area contributed by atoms with Crippen LogP contribution in [0.1, 0.15) is 20.8 Å². The molecule has 1 aromatic heterocycles. The predicted molar refractivity (Wildman–Crippen MR) is 77.0 cm³/mol. The summed E-state index contributed by atoms with van der Waals surface area (Å²) >= 11 is 0. The van der Waals surface area contributed by atoms with Crippen LogP contribution in [-0.2, 0) is 11.3 Å². The van der Waals surface area contributed by atoms with Crippen molar-refractivity contribution in [3.05, 3.63) is 29.2 Å². The molecule has 1 aromatic carbocycles. The van der Waals surface area contributed by atoms with E-state index in [1.807, 2.05) is 20.8 Å². The fourth-order valence-corrected chi connectivity index (χ4v) is 2.12. The number of fused-ring (bicyclic) bond motifs is 1. The largest absolute Gasteiger partial charge is 0.493 e. The SMILES string of the molecule is CC(C)(C)NC(=O)Cn1c(O)c(N=O)c2ccccc21. The van der Waals surface area contributed by atoms with E-state index in [0.29, 0.717) is 10.9 Å². The molecule has 0 saturated heterocycles. The van der Waals surface area contributed by atoms with Gasteiger partial charge in [-0.2, -0.15) is 0 Å². The molecule has 1 heterocycles. The highest BCUT2D eigenvalue weighted by Crippen LogP contribution is 2.38. The molecule has 0 aliphatic carbocycles. The van der Waals surface area contributed by atoms with Crippen molar-refractivity contribution >= 4 is 22.5 Å². The Kier molecular flexibility index (Phi) is 3.48. The van der Waals surface area contributed by atoms with Crippen LogP contribution in [0.4, 0.5) is 5.69 Å². The van der Waals surface area contributed by atoms with E-state index < -0.39 is 0 Å². The van der Waals surface area contributed by atoms with Gasteiger partial charge in [0.05, 0.1) is 5.52 Å². The average molecular weight is 275 g/mol. The Morgan fingerprint density at radius 1 is 1.35 bits per heavy atom. The number of nitrogens with one attached hydrogen (secondary N) is 1. The minimum Gasteiger partial charge on any atom is -0.493 e. The van der Waals surface area contributed by atoms with Crippen molar-refractivity contribution in [2.75, 3.05) is 0 Å². The van der Waals surface area contributed by atoms with Crippen molar-refractivity contribution in [1.82, 2.24) is 9.88 Å². The number of nitrogens with zero attached hydrogens (tertiary/aromatic N) is 2. The van der Waals surface area contributed by atoms with Gasteiger partial charge in [-0.15, -0.1) is 4.91 Å². The molecular formula is C14H17N3O3. The first-order valence-corrected chi connectivity index (χ1v) is 6.28. The summed E-state index contributed by atoms with van der Waals surface area (Å²) < 4.78 is 1.38. The third kappa shape index (κ3) is 2.64. The van der Waals surface area contributed by atoms with Crippen LogP contribution in [0, 0.1) is 4.91 Å². The highest BCUT2D eigenvalue weighted by atomic mass is 16.3. The van der Waals surface area contributed by atoms with Crippen molar-refractivity contribution < 1.29 is 9.90 Å². The van der Waals surface area contributed by atoms with E-state index in [1.54, 1.807) is 24.3 Å². The molecule has 0 atom stereocenters. The second-order valence-corrected chi connectivity index (χ2v) is 5.66. The van der Waals surface area contributed by atoms with Crippen molar-refractivity contribution in [3.63, 3.8) is 0 Å². The fourth-order valence-electron chi connectivity index (χ4n) is 2.12. The lowest BCUT2D eigenvalue weighted by atomic mass is 10.1. The summed E-state index contributed by atoms with van der Waals surface area (Å²) in [6, 6.07) is 6.93. The Labute approximate surface area is 116 Å². The summed E-state index contributed by atoms with van der Waals surface area (Å²) in [7, 11) is 0. The Morgan fingerprint density at radius 3 is 2.60 bits per heavy atom. The van der Waals surface area contributed by atoms with Crippen molar-refractivity contribution in [2.45, 2.75) is 32.9 Å². The molecule has 0 aliphatic heterocycles. The van der Waals surface area contributed by atoms with Crippen LogP contribution in [-0.4, -0.2) is 21.1 Å². The smallest absolute Gasteiger partial charge is 0.240 e.